The summed E-state index contributed by atoms with van der Waals surface area (Å²) in [6, 6.07) is 10.3. The normalized spacial score (nSPS) is 14.6. The fourth-order valence-electron chi connectivity index (χ4n) is 1.93. The highest BCUT2D eigenvalue weighted by molar-refractivity contribution is 8.01. The zero-order valence-electron chi connectivity index (χ0n) is 11.4. The van der Waals surface area contributed by atoms with E-state index in [1.165, 1.54) is 5.56 Å². The van der Waals surface area contributed by atoms with Gasteiger partial charge in [-0.05, 0) is 18.4 Å². The third kappa shape index (κ3) is 3.78. The maximum absolute atomic E-state index is 6.43. The average Bonchev–Trinajstić information content (AvgIpc) is 2.81. The van der Waals surface area contributed by atoms with Gasteiger partial charge in [0.1, 0.15) is 5.01 Å². The molecule has 5 heteroatoms. The molecular weight excluding hydrogens is 274 g/mol. The summed E-state index contributed by atoms with van der Waals surface area (Å²) in [5.41, 5.74) is 7.61. The van der Waals surface area contributed by atoms with E-state index in [0.717, 1.165) is 9.35 Å². The first-order chi connectivity index (χ1) is 9.08. The van der Waals surface area contributed by atoms with Crippen molar-refractivity contribution in [3.8, 4) is 0 Å². The van der Waals surface area contributed by atoms with Crippen LogP contribution < -0.4 is 5.73 Å². The minimum atomic E-state index is 0.00964. The maximum Gasteiger partial charge on any atom is 0.174 e. The number of nitrogens with zero attached hydrogens (tertiary/aromatic N) is 2. The molecule has 0 aliphatic rings. The van der Waals surface area contributed by atoms with Gasteiger partial charge in [-0.2, -0.15) is 0 Å². The van der Waals surface area contributed by atoms with Crippen LogP contribution in [0.2, 0.25) is 0 Å². The van der Waals surface area contributed by atoms with Crippen molar-refractivity contribution in [3.63, 3.8) is 0 Å². The monoisotopic (exact) mass is 293 g/mol. The number of hydrogen-bond acceptors (Lipinski definition) is 5. The highest BCUT2D eigenvalue weighted by Gasteiger charge is 2.25. The molecule has 0 aliphatic carbocycles. The molecule has 1 heterocycles. The number of rotatable bonds is 5. The van der Waals surface area contributed by atoms with Crippen molar-refractivity contribution >= 4 is 23.1 Å². The summed E-state index contributed by atoms with van der Waals surface area (Å²) in [5, 5.41) is 9.56. The van der Waals surface area contributed by atoms with Gasteiger partial charge in [-0.25, -0.2) is 0 Å². The van der Waals surface area contributed by atoms with E-state index in [9.17, 15) is 0 Å². The minimum Gasteiger partial charge on any atom is -0.323 e. The van der Waals surface area contributed by atoms with Gasteiger partial charge in [0.25, 0.3) is 0 Å². The summed E-state index contributed by atoms with van der Waals surface area (Å²) >= 11 is 3.37. The van der Waals surface area contributed by atoms with E-state index in [2.05, 4.69) is 36.2 Å². The van der Waals surface area contributed by atoms with E-state index < -0.39 is 0 Å². The molecule has 2 atom stereocenters. The van der Waals surface area contributed by atoms with Gasteiger partial charge in [-0.3, -0.25) is 0 Å². The predicted octanol–water partition coefficient (Wildman–Crippen LogP) is 3.66. The van der Waals surface area contributed by atoms with Gasteiger partial charge in [-0.15, -0.1) is 10.2 Å². The van der Waals surface area contributed by atoms with E-state index in [0.29, 0.717) is 11.2 Å². The van der Waals surface area contributed by atoms with Crippen LogP contribution in [0.15, 0.2) is 34.7 Å². The summed E-state index contributed by atoms with van der Waals surface area (Å²) in [6.45, 7) is 6.38. The molecule has 1 aromatic carbocycles. The molecule has 2 N–H and O–H groups in total. The standard InChI is InChI=1S/C14H19N3S2/c1-9(2)13(19-14-17-16-10(3)18-14)12(15)11-7-5-4-6-8-11/h4-9,12-13H,15H2,1-3H3. The lowest BCUT2D eigenvalue weighted by molar-refractivity contribution is 0.527. The highest BCUT2D eigenvalue weighted by Crippen LogP contribution is 2.36. The summed E-state index contributed by atoms with van der Waals surface area (Å²) in [5.74, 6) is 0.476. The molecule has 2 rings (SSSR count). The molecule has 0 amide bonds. The molecule has 0 radical (unpaired) electrons. The largest absolute Gasteiger partial charge is 0.323 e. The van der Waals surface area contributed by atoms with Crippen LogP contribution in [0.3, 0.4) is 0 Å². The molecule has 3 nitrogen and oxygen atoms in total. The van der Waals surface area contributed by atoms with E-state index >= 15 is 0 Å². The van der Waals surface area contributed by atoms with Crippen LogP contribution in [0, 0.1) is 12.8 Å². The van der Waals surface area contributed by atoms with Crippen molar-refractivity contribution in [1.29, 1.82) is 0 Å². The van der Waals surface area contributed by atoms with Gasteiger partial charge in [-0.1, -0.05) is 67.3 Å². The van der Waals surface area contributed by atoms with Crippen molar-refractivity contribution in [1.82, 2.24) is 10.2 Å². The first-order valence-electron chi connectivity index (χ1n) is 6.35. The van der Waals surface area contributed by atoms with Crippen molar-refractivity contribution in [2.75, 3.05) is 0 Å². The molecule has 2 aromatic rings. The van der Waals surface area contributed by atoms with Crippen molar-refractivity contribution in [2.45, 2.75) is 36.4 Å². The fraction of sp³-hybridized carbons (Fsp3) is 0.429. The first kappa shape index (κ1) is 14.5. The molecular formula is C14H19N3S2. The Labute approximate surface area is 122 Å². The Hall–Kier alpha value is -0.910. The highest BCUT2D eigenvalue weighted by atomic mass is 32.2. The molecule has 1 aromatic heterocycles. The van der Waals surface area contributed by atoms with Gasteiger partial charge in [0, 0.05) is 11.3 Å². The fourth-order valence-corrected chi connectivity index (χ4v) is 4.13. The summed E-state index contributed by atoms with van der Waals surface area (Å²) < 4.78 is 1.00. The van der Waals surface area contributed by atoms with Gasteiger partial charge in [0.05, 0.1) is 0 Å². The number of hydrogen-bond donors (Lipinski definition) is 1. The van der Waals surface area contributed by atoms with E-state index in [1.54, 1.807) is 23.1 Å². The van der Waals surface area contributed by atoms with Gasteiger partial charge in [0.2, 0.25) is 0 Å². The van der Waals surface area contributed by atoms with Crippen LogP contribution in [0.5, 0.6) is 0 Å². The zero-order valence-corrected chi connectivity index (χ0v) is 13.0. The Morgan fingerprint density at radius 1 is 1.16 bits per heavy atom. The molecule has 0 saturated heterocycles. The average molecular weight is 293 g/mol. The Bertz CT molecular complexity index is 510. The SMILES string of the molecule is Cc1nnc(SC(C(C)C)C(N)c2ccccc2)s1. The molecule has 0 fully saturated rings. The first-order valence-corrected chi connectivity index (χ1v) is 8.05. The van der Waals surface area contributed by atoms with Crippen LogP contribution >= 0.6 is 23.1 Å². The van der Waals surface area contributed by atoms with Gasteiger partial charge < -0.3 is 5.73 Å². The lowest BCUT2D eigenvalue weighted by atomic mass is 9.97. The summed E-state index contributed by atoms with van der Waals surface area (Å²) in [6.07, 6.45) is 0. The number of nitrogens with two attached hydrogens (primary N) is 1. The Balaban J connectivity index is 2.16. The number of benzene rings is 1. The number of aromatic nitrogens is 2. The van der Waals surface area contributed by atoms with Gasteiger partial charge >= 0.3 is 0 Å². The van der Waals surface area contributed by atoms with E-state index in [1.807, 2.05) is 25.1 Å². The lowest BCUT2D eigenvalue weighted by Crippen LogP contribution is -2.28. The van der Waals surface area contributed by atoms with Gasteiger partial charge in [0.15, 0.2) is 4.34 Å². The second-order valence-corrected chi connectivity index (χ2v) is 7.46. The molecule has 102 valence electrons. The van der Waals surface area contributed by atoms with Crippen LogP contribution in [0.4, 0.5) is 0 Å². The number of thioether (sulfide) groups is 1. The summed E-state index contributed by atoms with van der Waals surface area (Å²) in [7, 11) is 0. The maximum atomic E-state index is 6.43. The molecule has 19 heavy (non-hydrogen) atoms. The topological polar surface area (TPSA) is 51.8 Å². The lowest BCUT2D eigenvalue weighted by Gasteiger charge is -2.26. The third-order valence-electron chi connectivity index (χ3n) is 2.94. The Morgan fingerprint density at radius 2 is 1.84 bits per heavy atom. The van der Waals surface area contributed by atoms with Crippen molar-refractivity contribution in [2.24, 2.45) is 11.7 Å². The van der Waals surface area contributed by atoms with Crippen LogP contribution in [0.1, 0.15) is 30.5 Å². The molecule has 0 saturated carbocycles. The summed E-state index contributed by atoms with van der Waals surface area (Å²) in [4.78, 5) is 0. The second kappa shape index (κ2) is 6.50. The Morgan fingerprint density at radius 3 is 2.37 bits per heavy atom. The van der Waals surface area contributed by atoms with Crippen molar-refractivity contribution in [3.05, 3.63) is 40.9 Å². The molecule has 0 aliphatic heterocycles. The smallest absolute Gasteiger partial charge is 0.174 e. The minimum absolute atomic E-state index is 0.00964. The van der Waals surface area contributed by atoms with E-state index in [4.69, 9.17) is 5.73 Å². The Kier molecular flexibility index (Phi) is 4.96. The zero-order chi connectivity index (χ0) is 13.8. The quantitative estimate of drug-likeness (QED) is 0.855. The predicted molar refractivity (Wildman–Crippen MR) is 82.5 cm³/mol. The molecule has 0 bridgehead atoms. The van der Waals surface area contributed by atoms with Crippen LogP contribution in [-0.4, -0.2) is 15.4 Å². The number of aryl methyl sites for hydroxylation is 1. The van der Waals surface area contributed by atoms with E-state index in [-0.39, 0.29) is 6.04 Å². The molecule has 0 spiro atoms. The van der Waals surface area contributed by atoms with Crippen LogP contribution in [0.25, 0.3) is 0 Å². The molecule has 2 unspecified atom stereocenters. The third-order valence-corrected chi connectivity index (χ3v) is 5.50. The second-order valence-electron chi connectivity index (χ2n) is 4.85. The van der Waals surface area contributed by atoms with Crippen LogP contribution in [-0.2, 0) is 0 Å². The van der Waals surface area contributed by atoms with Crippen molar-refractivity contribution < 1.29 is 0 Å².